The van der Waals surface area contributed by atoms with Crippen LogP contribution in [0.4, 0.5) is 0 Å². The molecule has 2 rings (SSSR count). The van der Waals surface area contributed by atoms with E-state index in [1.165, 1.54) is 24.8 Å². The molecule has 88 valence electrons. The Morgan fingerprint density at radius 2 is 2.12 bits per heavy atom. The summed E-state index contributed by atoms with van der Waals surface area (Å²) in [4.78, 5) is 6.56. The maximum atomic E-state index is 4.06. The van der Waals surface area contributed by atoms with Gasteiger partial charge in [-0.2, -0.15) is 11.8 Å². The zero-order chi connectivity index (χ0) is 11.4. The Morgan fingerprint density at radius 1 is 1.38 bits per heavy atom. The maximum absolute atomic E-state index is 4.06. The minimum atomic E-state index is 0.753. The Hall–Kier alpha value is -0.540. The van der Waals surface area contributed by atoms with Gasteiger partial charge in [-0.3, -0.25) is 9.88 Å². The maximum Gasteiger partial charge on any atom is 0.0271 e. The van der Waals surface area contributed by atoms with Gasteiger partial charge >= 0.3 is 0 Å². The molecule has 0 spiro atoms. The van der Waals surface area contributed by atoms with E-state index in [0.29, 0.717) is 0 Å². The second-order valence-corrected chi connectivity index (χ2v) is 5.62. The molecule has 1 aliphatic carbocycles. The van der Waals surface area contributed by atoms with Gasteiger partial charge < -0.3 is 0 Å². The van der Waals surface area contributed by atoms with Crippen LogP contribution < -0.4 is 0 Å². The molecule has 1 aromatic rings. The molecule has 0 aliphatic heterocycles. The molecule has 2 atom stereocenters. The highest BCUT2D eigenvalue weighted by molar-refractivity contribution is 7.99. The number of hydrogen-bond acceptors (Lipinski definition) is 3. The quantitative estimate of drug-likeness (QED) is 0.799. The molecule has 0 radical (unpaired) electrons. The van der Waals surface area contributed by atoms with Crippen molar-refractivity contribution in [3.05, 3.63) is 30.1 Å². The van der Waals surface area contributed by atoms with Crippen LogP contribution in [0.25, 0.3) is 0 Å². The average molecular weight is 236 g/mol. The van der Waals surface area contributed by atoms with Gasteiger partial charge in [0.1, 0.15) is 0 Å². The topological polar surface area (TPSA) is 16.1 Å². The molecule has 3 heteroatoms. The average Bonchev–Trinajstić information content (AvgIpc) is 2.78. The van der Waals surface area contributed by atoms with Gasteiger partial charge in [0.2, 0.25) is 0 Å². The van der Waals surface area contributed by atoms with E-state index in [-0.39, 0.29) is 0 Å². The van der Waals surface area contributed by atoms with Gasteiger partial charge in [-0.15, -0.1) is 0 Å². The van der Waals surface area contributed by atoms with Gasteiger partial charge in [-0.05, 0) is 43.8 Å². The number of hydrogen-bond donors (Lipinski definition) is 0. The summed E-state index contributed by atoms with van der Waals surface area (Å²) in [5.74, 6) is 0. The summed E-state index contributed by atoms with van der Waals surface area (Å²) >= 11 is 2.03. The van der Waals surface area contributed by atoms with E-state index in [1.54, 1.807) is 0 Å². The fourth-order valence-electron chi connectivity index (χ4n) is 2.58. The summed E-state index contributed by atoms with van der Waals surface area (Å²) in [7, 11) is 2.25. The smallest absolute Gasteiger partial charge is 0.0271 e. The van der Waals surface area contributed by atoms with Gasteiger partial charge in [-0.25, -0.2) is 0 Å². The minimum Gasteiger partial charge on any atom is -0.298 e. The van der Waals surface area contributed by atoms with E-state index < -0.39 is 0 Å². The van der Waals surface area contributed by atoms with Crippen molar-refractivity contribution < 1.29 is 0 Å². The summed E-state index contributed by atoms with van der Waals surface area (Å²) in [5.41, 5.74) is 1.37. The predicted octanol–water partition coefficient (Wildman–Crippen LogP) is 2.80. The largest absolute Gasteiger partial charge is 0.298 e. The number of aromatic nitrogens is 1. The van der Waals surface area contributed by atoms with Crippen LogP contribution in [0.15, 0.2) is 24.5 Å². The first-order valence-corrected chi connectivity index (χ1v) is 7.22. The highest BCUT2D eigenvalue weighted by Crippen LogP contribution is 2.32. The van der Waals surface area contributed by atoms with E-state index in [2.05, 4.69) is 35.3 Å². The van der Waals surface area contributed by atoms with Crippen LogP contribution in [0, 0.1) is 0 Å². The molecular formula is C13H20N2S. The molecule has 0 amide bonds. The highest BCUT2D eigenvalue weighted by atomic mass is 32.2. The molecule has 1 aliphatic rings. The second kappa shape index (κ2) is 5.69. The van der Waals surface area contributed by atoms with Gasteiger partial charge in [0.05, 0.1) is 0 Å². The Labute approximate surface area is 102 Å². The van der Waals surface area contributed by atoms with Crippen LogP contribution >= 0.6 is 11.8 Å². The van der Waals surface area contributed by atoms with Crippen molar-refractivity contribution in [2.45, 2.75) is 37.1 Å². The Kier molecular flexibility index (Phi) is 4.24. The first-order valence-electron chi connectivity index (χ1n) is 5.93. The zero-order valence-corrected chi connectivity index (χ0v) is 10.9. The molecular weight excluding hydrogens is 216 g/mol. The van der Waals surface area contributed by atoms with Crippen LogP contribution in [0.3, 0.4) is 0 Å². The molecule has 1 fully saturated rings. The third kappa shape index (κ3) is 2.77. The third-order valence-corrected chi connectivity index (χ3v) is 4.62. The van der Waals surface area contributed by atoms with Crippen molar-refractivity contribution in [1.29, 1.82) is 0 Å². The Balaban J connectivity index is 1.95. The molecule has 1 saturated carbocycles. The molecule has 0 bridgehead atoms. The predicted molar refractivity (Wildman–Crippen MR) is 70.6 cm³/mol. The monoisotopic (exact) mass is 236 g/mol. The van der Waals surface area contributed by atoms with Crippen molar-refractivity contribution in [1.82, 2.24) is 9.88 Å². The first-order chi connectivity index (χ1) is 7.81. The summed E-state index contributed by atoms with van der Waals surface area (Å²) < 4.78 is 0. The fraction of sp³-hybridized carbons (Fsp3) is 0.615. The number of rotatable bonds is 4. The molecule has 0 aromatic carbocycles. The van der Waals surface area contributed by atoms with Gasteiger partial charge in [-0.1, -0.05) is 6.42 Å². The summed E-state index contributed by atoms with van der Waals surface area (Å²) in [6.07, 6.45) is 10.1. The molecule has 0 saturated heterocycles. The first kappa shape index (κ1) is 11.9. The Bertz CT molecular complexity index is 315. The molecule has 16 heavy (non-hydrogen) atoms. The summed E-state index contributed by atoms with van der Waals surface area (Å²) in [5, 5.41) is 0.826. The number of nitrogens with zero attached hydrogens (tertiary/aromatic N) is 2. The van der Waals surface area contributed by atoms with Gasteiger partial charge in [0, 0.05) is 30.2 Å². The fourth-order valence-corrected chi connectivity index (χ4v) is 3.64. The number of pyridine rings is 1. The van der Waals surface area contributed by atoms with E-state index >= 15 is 0 Å². The summed E-state index contributed by atoms with van der Waals surface area (Å²) in [6.45, 7) is 1.05. The zero-order valence-electron chi connectivity index (χ0n) is 10.1. The van der Waals surface area contributed by atoms with Gasteiger partial charge in [0.25, 0.3) is 0 Å². The molecule has 1 heterocycles. The second-order valence-electron chi connectivity index (χ2n) is 4.54. The van der Waals surface area contributed by atoms with Crippen LogP contribution in [-0.4, -0.2) is 34.5 Å². The third-order valence-electron chi connectivity index (χ3n) is 3.47. The van der Waals surface area contributed by atoms with E-state index in [4.69, 9.17) is 0 Å². The lowest BCUT2D eigenvalue weighted by atomic mass is 10.2. The van der Waals surface area contributed by atoms with Crippen molar-refractivity contribution >= 4 is 11.8 Å². The van der Waals surface area contributed by atoms with Crippen LogP contribution in [0.2, 0.25) is 0 Å². The van der Waals surface area contributed by atoms with Crippen molar-refractivity contribution in [2.24, 2.45) is 0 Å². The van der Waals surface area contributed by atoms with Gasteiger partial charge in [0.15, 0.2) is 0 Å². The van der Waals surface area contributed by atoms with Crippen molar-refractivity contribution in [3.8, 4) is 0 Å². The Morgan fingerprint density at radius 3 is 2.81 bits per heavy atom. The standard InChI is InChI=1S/C13H20N2S/c1-15(10-11-6-8-14-9-7-11)12-4-3-5-13(12)16-2/h6-9,12-13H,3-5,10H2,1-2H3. The lowest BCUT2D eigenvalue weighted by molar-refractivity contribution is 0.241. The lowest BCUT2D eigenvalue weighted by Gasteiger charge is -2.28. The van der Waals surface area contributed by atoms with Crippen molar-refractivity contribution in [2.75, 3.05) is 13.3 Å². The van der Waals surface area contributed by atoms with E-state index in [0.717, 1.165) is 17.8 Å². The normalized spacial score (nSPS) is 25.2. The van der Waals surface area contributed by atoms with E-state index in [9.17, 15) is 0 Å². The number of thioether (sulfide) groups is 1. The minimum absolute atomic E-state index is 0.753. The lowest BCUT2D eigenvalue weighted by Crippen LogP contribution is -2.35. The summed E-state index contributed by atoms with van der Waals surface area (Å²) in [6, 6.07) is 4.97. The molecule has 2 unspecified atom stereocenters. The molecule has 0 N–H and O–H groups in total. The highest BCUT2D eigenvalue weighted by Gasteiger charge is 2.29. The van der Waals surface area contributed by atoms with Crippen LogP contribution in [0.5, 0.6) is 0 Å². The molecule has 1 aromatic heterocycles. The SMILES string of the molecule is CSC1CCCC1N(C)Cc1ccncc1. The van der Waals surface area contributed by atoms with Crippen molar-refractivity contribution in [3.63, 3.8) is 0 Å². The molecule has 2 nitrogen and oxygen atoms in total. The van der Waals surface area contributed by atoms with E-state index in [1.807, 2.05) is 24.2 Å². The van der Waals surface area contributed by atoms with Crippen LogP contribution in [0.1, 0.15) is 24.8 Å². The van der Waals surface area contributed by atoms with Crippen LogP contribution in [-0.2, 0) is 6.54 Å².